The Morgan fingerprint density at radius 1 is 1.28 bits per heavy atom. The van der Waals surface area contributed by atoms with Crippen LogP contribution in [0.25, 0.3) is 21.7 Å². The molecule has 0 aliphatic carbocycles. The van der Waals surface area contributed by atoms with Crippen molar-refractivity contribution in [1.29, 1.82) is 0 Å². The molecule has 0 spiro atoms. The lowest BCUT2D eigenvalue weighted by molar-refractivity contribution is 0.397. The van der Waals surface area contributed by atoms with Crippen LogP contribution >= 0.6 is 11.3 Å². The Bertz CT molecular complexity index is 711. The number of ether oxygens (including phenoxy) is 1. The van der Waals surface area contributed by atoms with Gasteiger partial charge in [-0.1, -0.05) is 0 Å². The lowest BCUT2D eigenvalue weighted by Crippen LogP contribution is -1.98. The standard InChI is InChI=1S/C11H9N5OS/c1-17-8-4-7(13-5-14-8)10-15-9(12)6-2-3-18-11(6)16-10/h2-5H,1H3,(H2,12,15,16). The number of nitrogens with two attached hydrogens (primary N) is 1. The van der Waals surface area contributed by atoms with E-state index < -0.39 is 0 Å². The Morgan fingerprint density at radius 3 is 3.00 bits per heavy atom. The molecule has 3 aromatic rings. The van der Waals surface area contributed by atoms with Crippen molar-refractivity contribution in [1.82, 2.24) is 19.9 Å². The van der Waals surface area contributed by atoms with E-state index in [-0.39, 0.29) is 0 Å². The third-order valence-corrected chi connectivity index (χ3v) is 3.24. The summed E-state index contributed by atoms with van der Waals surface area (Å²) in [5.74, 6) is 1.39. The summed E-state index contributed by atoms with van der Waals surface area (Å²) in [6, 6.07) is 3.58. The second kappa shape index (κ2) is 4.19. The lowest BCUT2D eigenvalue weighted by Gasteiger charge is -2.03. The van der Waals surface area contributed by atoms with Gasteiger partial charge in [-0.15, -0.1) is 11.3 Å². The monoisotopic (exact) mass is 259 g/mol. The Labute approximate surface area is 107 Å². The van der Waals surface area contributed by atoms with Crippen LogP contribution in [0.1, 0.15) is 0 Å². The highest BCUT2D eigenvalue weighted by Gasteiger charge is 2.10. The van der Waals surface area contributed by atoms with Crippen LogP contribution in [0, 0.1) is 0 Å². The predicted octanol–water partition coefficient (Wildman–Crippen LogP) is 1.74. The van der Waals surface area contributed by atoms with Crippen molar-refractivity contribution in [2.45, 2.75) is 0 Å². The minimum absolute atomic E-state index is 0.453. The molecule has 0 radical (unpaired) electrons. The van der Waals surface area contributed by atoms with Gasteiger partial charge in [0.15, 0.2) is 5.82 Å². The fourth-order valence-electron chi connectivity index (χ4n) is 1.57. The van der Waals surface area contributed by atoms with Crippen molar-refractivity contribution < 1.29 is 4.74 Å². The van der Waals surface area contributed by atoms with Gasteiger partial charge in [0.05, 0.1) is 12.5 Å². The first kappa shape index (κ1) is 10.8. The first-order chi connectivity index (χ1) is 8.78. The maximum Gasteiger partial charge on any atom is 0.216 e. The highest BCUT2D eigenvalue weighted by atomic mass is 32.1. The summed E-state index contributed by atoms with van der Waals surface area (Å²) < 4.78 is 5.04. The normalized spacial score (nSPS) is 10.7. The third-order valence-electron chi connectivity index (χ3n) is 2.43. The first-order valence-corrected chi connectivity index (χ1v) is 6.03. The number of methoxy groups -OCH3 is 1. The number of nitrogens with zero attached hydrogens (tertiary/aromatic N) is 4. The maximum atomic E-state index is 5.89. The molecule has 0 amide bonds. The molecule has 0 aliphatic heterocycles. The van der Waals surface area contributed by atoms with E-state index in [2.05, 4.69) is 19.9 Å². The average Bonchev–Trinajstić information content (AvgIpc) is 2.87. The van der Waals surface area contributed by atoms with Gasteiger partial charge in [0.25, 0.3) is 0 Å². The predicted molar refractivity (Wildman–Crippen MR) is 69.4 cm³/mol. The molecule has 7 heteroatoms. The van der Waals surface area contributed by atoms with Crippen LogP contribution in [-0.2, 0) is 0 Å². The van der Waals surface area contributed by atoms with E-state index in [1.165, 1.54) is 17.7 Å². The molecule has 0 aliphatic rings. The second-order valence-corrected chi connectivity index (χ2v) is 4.41. The molecule has 6 nitrogen and oxygen atoms in total. The zero-order valence-electron chi connectivity index (χ0n) is 9.49. The van der Waals surface area contributed by atoms with Crippen molar-refractivity contribution in [3.05, 3.63) is 23.8 Å². The van der Waals surface area contributed by atoms with Gasteiger partial charge in [0.2, 0.25) is 5.88 Å². The highest BCUT2D eigenvalue weighted by Crippen LogP contribution is 2.26. The SMILES string of the molecule is COc1cc(-c2nc(N)c3ccsc3n2)ncn1. The number of fused-ring (bicyclic) bond motifs is 1. The largest absolute Gasteiger partial charge is 0.481 e. The number of rotatable bonds is 2. The molecule has 0 bridgehead atoms. The Balaban J connectivity index is 2.18. The molecule has 18 heavy (non-hydrogen) atoms. The van der Waals surface area contributed by atoms with Gasteiger partial charge in [-0.3, -0.25) is 0 Å². The number of nitrogen functional groups attached to an aromatic ring is 1. The topological polar surface area (TPSA) is 86.8 Å². The van der Waals surface area contributed by atoms with E-state index in [1.807, 2.05) is 11.4 Å². The maximum absolute atomic E-state index is 5.89. The van der Waals surface area contributed by atoms with E-state index in [4.69, 9.17) is 10.5 Å². The zero-order chi connectivity index (χ0) is 12.5. The summed E-state index contributed by atoms with van der Waals surface area (Å²) in [6.45, 7) is 0. The molecule has 3 aromatic heterocycles. The van der Waals surface area contributed by atoms with Crippen LogP contribution in [0.3, 0.4) is 0 Å². The van der Waals surface area contributed by atoms with Crippen molar-refractivity contribution >= 4 is 27.4 Å². The van der Waals surface area contributed by atoms with Crippen LogP contribution in [0.2, 0.25) is 0 Å². The molecular weight excluding hydrogens is 250 g/mol. The Kier molecular flexibility index (Phi) is 2.52. The van der Waals surface area contributed by atoms with Gasteiger partial charge >= 0.3 is 0 Å². The average molecular weight is 259 g/mol. The van der Waals surface area contributed by atoms with E-state index in [0.717, 1.165) is 10.2 Å². The quantitative estimate of drug-likeness (QED) is 0.754. The van der Waals surface area contributed by atoms with E-state index in [9.17, 15) is 0 Å². The highest BCUT2D eigenvalue weighted by molar-refractivity contribution is 7.16. The number of thiophene rings is 1. The summed E-state index contributed by atoms with van der Waals surface area (Å²) in [4.78, 5) is 17.6. The van der Waals surface area contributed by atoms with Crippen molar-refractivity contribution in [2.75, 3.05) is 12.8 Å². The van der Waals surface area contributed by atoms with Gasteiger partial charge in [-0.2, -0.15) is 0 Å². The summed E-state index contributed by atoms with van der Waals surface area (Å²) in [5.41, 5.74) is 6.48. The van der Waals surface area contributed by atoms with E-state index in [0.29, 0.717) is 23.2 Å². The fraction of sp³-hybridized carbons (Fsp3) is 0.0909. The minimum atomic E-state index is 0.453. The minimum Gasteiger partial charge on any atom is -0.481 e. The number of aromatic nitrogens is 4. The molecule has 0 atom stereocenters. The van der Waals surface area contributed by atoms with E-state index >= 15 is 0 Å². The summed E-state index contributed by atoms with van der Waals surface area (Å²) >= 11 is 1.51. The molecule has 3 rings (SSSR count). The van der Waals surface area contributed by atoms with Gasteiger partial charge < -0.3 is 10.5 Å². The number of anilines is 1. The van der Waals surface area contributed by atoms with Crippen LogP contribution in [0.4, 0.5) is 5.82 Å². The molecule has 90 valence electrons. The molecule has 0 saturated heterocycles. The van der Waals surface area contributed by atoms with Crippen LogP contribution in [0.5, 0.6) is 5.88 Å². The zero-order valence-corrected chi connectivity index (χ0v) is 10.3. The molecule has 0 aromatic carbocycles. The third kappa shape index (κ3) is 1.74. The van der Waals surface area contributed by atoms with Gasteiger partial charge in [0, 0.05) is 6.07 Å². The van der Waals surface area contributed by atoms with E-state index in [1.54, 1.807) is 13.2 Å². The molecule has 0 unspecified atom stereocenters. The van der Waals surface area contributed by atoms with Crippen molar-refractivity contribution in [2.24, 2.45) is 0 Å². The summed E-state index contributed by atoms with van der Waals surface area (Å²) in [6.07, 6.45) is 1.41. The van der Waals surface area contributed by atoms with Gasteiger partial charge in [0.1, 0.15) is 22.7 Å². The van der Waals surface area contributed by atoms with Crippen LogP contribution in [0.15, 0.2) is 23.8 Å². The fourth-order valence-corrected chi connectivity index (χ4v) is 2.34. The Morgan fingerprint density at radius 2 is 2.17 bits per heavy atom. The molecule has 2 N–H and O–H groups in total. The summed E-state index contributed by atoms with van der Waals surface area (Å²) in [5, 5.41) is 2.80. The van der Waals surface area contributed by atoms with Crippen LogP contribution in [-0.4, -0.2) is 27.0 Å². The molecular formula is C11H9N5OS. The lowest BCUT2D eigenvalue weighted by atomic mass is 10.3. The summed E-state index contributed by atoms with van der Waals surface area (Å²) in [7, 11) is 1.55. The number of hydrogen-bond donors (Lipinski definition) is 1. The molecule has 0 fully saturated rings. The molecule has 0 saturated carbocycles. The van der Waals surface area contributed by atoms with Crippen LogP contribution < -0.4 is 10.5 Å². The van der Waals surface area contributed by atoms with Gasteiger partial charge in [-0.05, 0) is 11.4 Å². The Hall–Kier alpha value is -2.28. The number of hydrogen-bond acceptors (Lipinski definition) is 7. The van der Waals surface area contributed by atoms with Crippen molar-refractivity contribution in [3.63, 3.8) is 0 Å². The van der Waals surface area contributed by atoms with Gasteiger partial charge in [-0.25, -0.2) is 19.9 Å². The second-order valence-electron chi connectivity index (χ2n) is 3.52. The van der Waals surface area contributed by atoms with Crippen molar-refractivity contribution in [3.8, 4) is 17.4 Å². The first-order valence-electron chi connectivity index (χ1n) is 5.15. The smallest absolute Gasteiger partial charge is 0.216 e. The molecule has 3 heterocycles.